The Bertz CT molecular complexity index is 1020. The summed E-state index contributed by atoms with van der Waals surface area (Å²) in [7, 11) is 6.07. The molecule has 3 rings (SSSR count). The highest BCUT2D eigenvalue weighted by Crippen LogP contribution is 2.43. The Balaban J connectivity index is 1.63. The normalized spacial score (nSPS) is 11.5. The van der Waals surface area contributed by atoms with Crippen molar-refractivity contribution in [3.05, 3.63) is 41.5 Å². The van der Waals surface area contributed by atoms with Gasteiger partial charge in [-0.3, -0.25) is 0 Å². The van der Waals surface area contributed by atoms with Gasteiger partial charge in [0, 0.05) is 17.0 Å². The maximum atomic E-state index is 12.0. The molecule has 8 heteroatoms. The largest absolute Gasteiger partial charge is 0.493 e. The Morgan fingerprint density at radius 3 is 2.35 bits per heavy atom. The fourth-order valence-electron chi connectivity index (χ4n) is 2.92. The van der Waals surface area contributed by atoms with Gasteiger partial charge >= 0.3 is 5.97 Å². The third-order valence-corrected chi connectivity index (χ3v) is 4.31. The topological polar surface area (TPSA) is 81.7 Å². The van der Waals surface area contributed by atoms with Gasteiger partial charge in [0.05, 0.1) is 28.4 Å². The molecule has 0 unspecified atom stereocenters. The molecule has 0 radical (unpaired) electrons. The molecule has 1 aliphatic heterocycles. The van der Waals surface area contributed by atoms with Crippen LogP contribution in [0.4, 0.5) is 0 Å². The second-order valence-corrected chi connectivity index (χ2v) is 6.09. The second-order valence-electron chi connectivity index (χ2n) is 6.09. The van der Waals surface area contributed by atoms with Crippen LogP contribution >= 0.6 is 0 Å². The van der Waals surface area contributed by atoms with Crippen LogP contribution in [-0.4, -0.2) is 47.8 Å². The third-order valence-electron chi connectivity index (χ3n) is 4.31. The van der Waals surface area contributed by atoms with E-state index in [2.05, 4.69) is 11.8 Å². The van der Waals surface area contributed by atoms with Crippen molar-refractivity contribution < 1.29 is 38.0 Å². The maximum absolute atomic E-state index is 12.0. The number of carbonyl (C=O) groups excluding carboxylic acids is 1. The molecule has 0 atom stereocenters. The molecule has 1 aliphatic rings. The van der Waals surface area contributed by atoms with Crippen LogP contribution < -0.4 is 28.4 Å². The van der Waals surface area contributed by atoms with Gasteiger partial charge in [0.1, 0.15) is 6.61 Å². The minimum atomic E-state index is -0.670. The standard InChI is InChI=1S/C23H22O8/c1-25-18-12-15(13-19(26-2)22(18)28-4)7-10-20(24)29-11-5-6-16-8-9-17-23(21(16)27-3)31-14-30-17/h5-6,8-9,12-13H,11,14H2,1-4H3/b6-5+. The van der Waals surface area contributed by atoms with Crippen LogP contribution in [0.15, 0.2) is 30.3 Å². The molecule has 0 saturated carbocycles. The van der Waals surface area contributed by atoms with Gasteiger partial charge in [-0.2, -0.15) is 0 Å². The van der Waals surface area contributed by atoms with Gasteiger partial charge in [0.15, 0.2) is 23.0 Å². The van der Waals surface area contributed by atoms with Crippen molar-refractivity contribution in [1.29, 1.82) is 0 Å². The van der Waals surface area contributed by atoms with Crippen molar-refractivity contribution in [2.24, 2.45) is 0 Å². The van der Waals surface area contributed by atoms with Crippen LogP contribution in [-0.2, 0) is 9.53 Å². The lowest BCUT2D eigenvalue weighted by atomic mass is 10.1. The predicted molar refractivity (Wildman–Crippen MR) is 112 cm³/mol. The summed E-state index contributed by atoms with van der Waals surface area (Å²) in [6.45, 7) is 0.196. The van der Waals surface area contributed by atoms with Crippen molar-refractivity contribution in [2.45, 2.75) is 0 Å². The molecule has 0 aromatic heterocycles. The molecular formula is C23H22O8. The molecule has 0 fully saturated rings. The molecule has 8 nitrogen and oxygen atoms in total. The van der Waals surface area contributed by atoms with E-state index in [1.807, 2.05) is 6.07 Å². The van der Waals surface area contributed by atoms with Crippen LogP contribution in [0.3, 0.4) is 0 Å². The van der Waals surface area contributed by atoms with Crippen molar-refractivity contribution in [1.82, 2.24) is 0 Å². The minimum absolute atomic E-state index is 0.0420. The zero-order valence-electron chi connectivity index (χ0n) is 17.6. The van der Waals surface area contributed by atoms with Gasteiger partial charge < -0.3 is 33.2 Å². The molecule has 0 amide bonds. The highest BCUT2D eigenvalue weighted by molar-refractivity contribution is 5.89. The SMILES string of the molecule is COc1cc(C#CC(=O)OC/C=C/c2ccc3c(c2OC)OCO3)cc(OC)c1OC. The van der Waals surface area contributed by atoms with Gasteiger partial charge in [0.25, 0.3) is 0 Å². The quantitative estimate of drug-likeness (QED) is 0.494. The van der Waals surface area contributed by atoms with E-state index in [1.54, 1.807) is 37.5 Å². The van der Waals surface area contributed by atoms with Crippen LogP contribution in [0.2, 0.25) is 0 Å². The number of benzene rings is 2. The van der Waals surface area contributed by atoms with Crippen LogP contribution in [0, 0.1) is 11.8 Å². The fraction of sp³-hybridized carbons (Fsp3) is 0.261. The van der Waals surface area contributed by atoms with Crippen LogP contribution in [0.25, 0.3) is 6.08 Å². The zero-order valence-corrected chi connectivity index (χ0v) is 17.6. The average Bonchev–Trinajstić information content (AvgIpc) is 3.28. The number of rotatable bonds is 7. The number of carbonyl (C=O) groups is 1. The summed E-state index contributed by atoms with van der Waals surface area (Å²) in [6, 6.07) is 6.91. The first-order chi connectivity index (χ1) is 15.1. The number of esters is 1. The molecular weight excluding hydrogens is 404 g/mol. The Morgan fingerprint density at radius 1 is 1.00 bits per heavy atom. The van der Waals surface area contributed by atoms with E-state index in [0.29, 0.717) is 40.1 Å². The van der Waals surface area contributed by atoms with Crippen molar-refractivity contribution in [3.8, 4) is 46.3 Å². The second kappa shape index (κ2) is 10.2. The van der Waals surface area contributed by atoms with Crippen LogP contribution in [0.5, 0.6) is 34.5 Å². The summed E-state index contributed by atoms with van der Waals surface area (Å²) in [5, 5.41) is 0. The number of fused-ring (bicyclic) bond motifs is 1. The summed E-state index contributed by atoms with van der Waals surface area (Å²) >= 11 is 0. The van der Waals surface area contributed by atoms with Gasteiger partial charge in [-0.05, 0) is 30.3 Å². The van der Waals surface area contributed by atoms with Crippen LogP contribution in [0.1, 0.15) is 11.1 Å². The molecule has 1 heterocycles. The smallest absolute Gasteiger partial charge is 0.385 e. The summed E-state index contributed by atoms with van der Waals surface area (Å²) in [5.74, 6) is 7.57. The van der Waals surface area contributed by atoms with Gasteiger partial charge in [-0.25, -0.2) is 4.79 Å². The van der Waals surface area contributed by atoms with E-state index < -0.39 is 5.97 Å². The summed E-state index contributed by atoms with van der Waals surface area (Å²) in [6.07, 6.45) is 3.44. The van der Waals surface area contributed by atoms with Crippen molar-refractivity contribution in [2.75, 3.05) is 41.8 Å². The molecule has 2 aromatic rings. The average molecular weight is 426 g/mol. The minimum Gasteiger partial charge on any atom is -0.493 e. The van der Waals surface area contributed by atoms with E-state index in [1.165, 1.54) is 21.3 Å². The first kappa shape index (κ1) is 21.7. The Hall–Kier alpha value is -3.99. The highest BCUT2D eigenvalue weighted by atomic mass is 16.7. The molecule has 0 aliphatic carbocycles. The Kier molecular flexibility index (Phi) is 7.12. The van der Waals surface area contributed by atoms with E-state index in [4.69, 9.17) is 33.2 Å². The van der Waals surface area contributed by atoms with Crippen molar-refractivity contribution in [3.63, 3.8) is 0 Å². The third kappa shape index (κ3) is 4.95. The molecule has 2 aromatic carbocycles. The molecule has 162 valence electrons. The number of ether oxygens (including phenoxy) is 7. The molecule has 0 spiro atoms. The molecule has 0 saturated heterocycles. The van der Waals surface area contributed by atoms with E-state index in [9.17, 15) is 4.79 Å². The summed E-state index contributed by atoms with van der Waals surface area (Å²) < 4.78 is 37.1. The maximum Gasteiger partial charge on any atom is 0.385 e. The van der Waals surface area contributed by atoms with Crippen molar-refractivity contribution >= 4 is 12.0 Å². The lowest BCUT2D eigenvalue weighted by molar-refractivity contribution is -0.135. The van der Waals surface area contributed by atoms with E-state index in [-0.39, 0.29) is 13.4 Å². The highest BCUT2D eigenvalue weighted by Gasteiger charge is 2.20. The summed E-state index contributed by atoms with van der Waals surface area (Å²) in [4.78, 5) is 12.0. The van der Waals surface area contributed by atoms with Gasteiger partial charge in [-0.15, -0.1) is 0 Å². The summed E-state index contributed by atoms with van der Waals surface area (Å²) in [5.41, 5.74) is 1.29. The number of methoxy groups -OCH3 is 4. The van der Waals surface area contributed by atoms with E-state index >= 15 is 0 Å². The van der Waals surface area contributed by atoms with Gasteiger partial charge in [0.2, 0.25) is 18.3 Å². The number of hydrogen-bond acceptors (Lipinski definition) is 8. The van der Waals surface area contributed by atoms with E-state index in [0.717, 1.165) is 5.56 Å². The van der Waals surface area contributed by atoms with Gasteiger partial charge in [-0.1, -0.05) is 12.0 Å². The first-order valence-electron chi connectivity index (χ1n) is 9.23. The monoisotopic (exact) mass is 426 g/mol. The Morgan fingerprint density at radius 2 is 1.71 bits per heavy atom. The fourth-order valence-corrected chi connectivity index (χ4v) is 2.92. The predicted octanol–water partition coefficient (Wildman–Crippen LogP) is 3.06. The zero-order chi connectivity index (χ0) is 22.2. The lowest BCUT2D eigenvalue weighted by Gasteiger charge is -2.12. The Labute approximate surface area is 180 Å². The lowest BCUT2D eigenvalue weighted by Crippen LogP contribution is -2.01. The molecule has 0 bridgehead atoms. The number of hydrogen-bond donors (Lipinski definition) is 0. The molecule has 31 heavy (non-hydrogen) atoms. The first-order valence-corrected chi connectivity index (χ1v) is 9.23. The molecule has 0 N–H and O–H groups in total.